The van der Waals surface area contributed by atoms with Gasteiger partial charge in [-0.3, -0.25) is 0 Å². The maximum absolute atomic E-state index is 6.14. The van der Waals surface area contributed by atoms with E-state index >= 15 is 0 Å². The van der Waals surface area contributed by atoms with Crippen molar-refractivity contribution in [3.63, 3.8) is 0 Å². The SMILES string of the molecule is CCCCCCC(N)c1cc(Br)ccc1Cl. The Balaban J connectivity index is 2.51. The van der Waals surface area contributed by atoms with Crippen LogP contribution in [0.2, 0.25) is 5.02 Å². The molecule has 0 aliphatic heterocycles. The predicted octanol–water partition coefficient (Wildman–Crippen LogP) is 5.07. The number of hydrogen-bond donors (Lipinski definition) is 1. The molecule has 90 valence electrons. The number of hydrogen-bond acceptors (Lipinski definition) is 1. The van der Waals surface area contributed by atoms with Gasteiger partial charge in [-0.15, -0.1) is 0 Å². The lowest BCUT2D eigenvalue weighted by Gasteiger charge is -2.14. The second-order valence-corrected chi connectivity index (χ2v) is 5.44. The predicted molar refractivity (Wildman–Crippen MR) is 74.8 cm³/mol. The van der Waals surface area contributed by atoms with Crippen LogP contribution in [0.3, 0.4) is 0 Å². The summed E-state index contributed by atoms with van der Waals surface area (Å²) in [5.41, 5.74) is 7.19. The Morgan fingerprint density at radius 3 is 2.75 bits per heavy atom. The van der Waals surface area contributed by atoms with Crippen LogP contribution in [0.1, 0.15) is 50.6 Å². The molecule has 1 nitrogen and oxygen atoms in total. The van der Waals surface area contributed by atoms with Gasteiger partial charge in [0.15, 0.2) is 0 Å². The first-order valence-electron chi connectivity index (χ1n) is 5.85. The van der Waals surface area contributed by atoms with E-state index in [4.69, 9.17) is 17.3 Å². The molecule has 1 rings (SSSR count). The highest BCUT2D eigenvalue weighted by Crippen LogP contribution is 2.28. The van der Waals surface area contributed by atoms with E-state index in [1.807, 2.05) is 18.2 Å². The van der Waals surface area contributed by atoms with Crippen molar-refractivity contribution in [1.82, 2.24) is 0 Å². The maximum atomic E-state index is 6.14. The summed E-state index contributed by atoms with van der Waals surface area (Å²) in [6.45, 7) is 2.21. The van der Waals surface area contributed by atoms with E-state index in [9.17, 15) is 0 Å². The van der Waals surface area contributed by atoms with Gasteiger partial charge in [0.25, 0.3) is 0 Å². The van der Waals surface area contributed by atoms with Crippen molar-refractivity contribution in [2.24, 2.45) is 5.73 Å². The number of rotatable bonds is 6. The maximum Gasteiger partial charge on any atom is 0.0454 e. The molecular formula is C13H19BrClN. The van der Waals surface area contributed by atoms with E-state index < -0.39 is 0 Å². The van der Waals surface area contributed by atoms with Gasteiger partial charge >= 0.3 is 0 Å². The van der Waals surface area contributed by atoms with E-state index in [1.54, 1.807) is 0 Å². The van der Waals surface area contributed by atoms with Gasteiger partial charge in [-0.1, -0.05) is 60.1 Å². The summed E-state index contributed by atoms with van der Waals surface area (Å²) in [5, 5.41) is 0.770. The van der Waals surface area contributed by atoms with Gasteiger partial charge < -0.3 is 5.73 Å². The van der Waals surface area contributed by atoms with Crippen LogP contribution in [-0.2, 0) is 0 Å². The normalized spacial score (nSPS) is 12.8. The average Bonchev–Trinajstić information content (AvgIpc) is 2.27. The summed E-state index contributed by atoms with van der Waals surface area (Å²) < 4.78 is 1.04. The zero-order valence-electron chi connectivity index (χ0n) is 9.68. The minimum atomic E-state index is 0.0573. The Morgan fingerprint density at radius 1 is 1.31 bits per heavy atom. The molecule has 2 N–H and O–H groups in total. The molecule has 0 amide bonds. The summed E-state index contributed by atoms with van der Waals surface area (Å²) in [4.78, 5) is 0. The standard InChI is InChI=1S/C13H19BrClN/c1-2-3-4-5-6-13(16)11-9-10(14)7-8-12(11)15/h7-9,13H,2-6,16H2,1H3. The molecule has 0 saturated carbocycles. The first kappa shape index (κ1) is 14.0. The van der Waals surface area contributed by atoms with Crippen LogP contribution in [0.25, 0.3) is 0 Å². The van der Waals surface area contributed by atoms with E-state index in [0.717, 1.165) is 21.5 Å². The van der Waals surface area contributed by atoms with Gasteiger partial charge in [0.2, 0.25) is 0 Å². The first-order valence-corrected chi connectivity index (χ1v) is 7.02. The number of nitrogens with two attached hydrogens (primary N) is 1. The molecule has 0 radical (unpaired) electrons. The molecule has 0 aromatic heterocycles. The van der Waals surface area contributed by atoms with E-state index in [2.05, 4.69) is 22.9 Å². The van der Waals surface area contributed by atoms with Crippen molar-refractivity contribution in [2.75, 3.05) is 0 Å². The highest BCUT2D eigenvalue weighted by molar-refractivity contribution is 9.10. The minimum Gasteiger partial charge on any atom is -0.324 e. The first-order chi connectivity index (χ1) is 7.65. The van der Waals surface area contributed by atoms with Crippen LogP contribution in [0.4, 0.5) is 0 Å². The van der Waals surface area contributed by atoms with Crippen LogP contribution in [-0.4, -0.2) is 0 Å². The largest absolute Gasteiger partial charge is 0.324 e. The molecule has 0 bridgehead atoms. The molecule has 1 unspecified atom stereocenters. The summed E-state index contributed by atoms with van der Waals surface area (Å²) in [5.74, 6) is 0. The minimum absolute atomic E-state index is 0.0573. The summed E-state index contributed by atoms with van der Waals surface area (Å²) >= 11 is 9.57. The Hall–Kier alpha value is -0.0500. The van der Waals surface area contributed by atoms with Crippen molar-refractivity contribution in [3.05, 3.63) is 33.3 Å². The van der Waals surface area contributed by atoms with Gasteiger partial charge in [0, 0.05) is 15.5 Å². The lowest BCUT2D eigenvalue weighted by Crippen LogP contribution is -2.10. The van der Waals surface area contributed by atoms with Gasteiger partial charge in [-0.25, -0.2) is 0 Å². The molecule has 1 atom stereocenters. The fourth-order valence-corrected chi connectivity index (χ4v) is 2.38. The average molecular weight is 305 g/mol. The quantitative estimate of drug-likeness (QED) is 0.729. The van der Waals surface area contributed by atoms with Crippen molar-refractivity contribution in [1.29, 1.82) is 0 Å². The molecule has 0 fully saturated rings. The van der Waals surface area contributed by atoms with Crippen molar-refractivity contribution in [3.8, 4) is 0 Å². The lowest BCUT2D eigenvalue weighted by molar-refractivity contribution is 0.566. The molecule has 0 aliphatic carbocycles. The monoisotopic (exact) mass is 303 g/mol. The summed E-state index contributed by atoms with van der Waals surface area (Å²) in [6, 6.07) is 5.91. The lowest BCUT2D eigenvalue weighted by atomic mass is 10.0. The van der Waals surface area contributed by atoms with Gasteiger partial charge in [0.05, 0.1) is 0 Å². The molecule has 3 heteroatoms. The topological polar surface area (TPSA) is 26.0 Å². The van der Waals surface area contributed by atoms with Crippen LogP contribution in [0.5, 0.6) is 0 Å². The van der Waals surface area contributed by atoms with Gasteiger partial charge in [0.1, 0.15) is 0 Å². The van der Waals surface area contributed by atoms with E-state index in [-0.39, 0.29) is 6.04 Å². The molecule has 1 aromatic carbocycles. The smallest absolute Gasteiger partial charge is 0.0454 e. The van der Waals surface area contributed by atoms with Gasteiger partial charge in [-0.05, 0) is 30.2 Å². The van der Waals surface area contributed by atoms with Crippen molar-refractivity contribution < 1.29 is 0 Å². The molecule has 16 heavy (non-hydrogen) atoms. The fourth-order valence-electron chi connectivity index (χ4n) is 1.75. The summed E-state index contributed by atoms with van der Waals surface area (Å²) in [7, 11) is 0. The number of benzene rings is 1. The highest BCUT2D eigenvalue weighted by atomic mass is 79.9. The van der Waals surface area contributed by atoms with E-state index in [1.165, 1.54) is 25.7 Å². The molecule has 0 heterocycles. The molecule has 0 saturated heterocycles. The Morgan fingerprint density at radius 2 is 2.06 bits per heavy atom. The van der Waals surface area contributed by atoms with Crippen LogP contribution >= 0.6 is 27.5 Å². The fraction of sp³-hybridized carbons (Fsp3) is 0.538. The zero-order valence-corrected chi connectivity index (χ0v) is 12.0. The zero-order chi connectivity index (χ0) is 12.0. The summed E-state index contributed by atoms with van der Waals surface area (Å²) in [6.07, 6.45) is 6.00. The number of unbranched alkanes of at least 4 members (excludes halogenated alkanes) is 3. The third-order valence-corrected chi connectivity index (χ3v) is 3.56. The second kappa shape index (κ2) is 7.31. The second-order valence-electron chi connectivity index (χ2n) is 4.12. The Bertz CT molecular complexity index is 328. The third kappa shape index (κ3) is 4.44. The van der Waals surface area contributed by atoms with Crippen molar-refractivity contribution >= 4 is 27.5 Å². The molecule has 0 aliphatic rings. The van der Waals surface area contributed by atoms with Crippen molar-refractivity contribution in [2.45, 2.75) is 45.1 Å². The number of halogens is 2. The Kier molecular flexibility index (Phi) is 6.40. The van der Waals surface area contributed by atoms with Crippen LogP contribution in [0, 0.1) is 0 Å². The van der Waals surface area contributed by atoms with Gasteiger partial charge in [-0.2, -0.15) is 0 Å². The van der Waals surface area contributed by atoms with E-state index in [0.29, 0.717) is 0 Å². The molecule has 0 spiro atoms. The molecule has 1 aromatic rings. The van der Waals surface area contributed by atoms with Crippen LogP contribution in [0.15, 0.2) is 22.7 Å². The highest BCUT2D eigenvalue weighted by Gasteiger charge is 2.10. The Labute approximate surface area is 111 Å². The molecular weight excluding hydrogens is 286 g/mol. The van der Waals surface area contributed by atoms with Crippen LogP contribution < -0.4 is 5.73 Å². The third-order valence-electron chi connectivity index (χ3n) is 2.73.